The molecule has 1 aromatic heterocycles. The molecular formula is C64H74O. The molecule has 65 heavy (non-hydrogen) atoms. The Morgan fingerprint density at radius 2 is 1.20 bits per heavy atom. The van der Waals surface area contributed by atoms with Crippen molar-refractivity contribution in [2.45, 2.75) is 94.4 Å². The third kappa shape index (κ3) is 14.4. The van der Waals surface area contributed by atoms with Gasteiger partial charge in [-0.2, -0.15) is 0 Å². The molecule has 0 amide bonds. The van der Waals surface area contributed by atoms with Crippen LogP contribution in [0.1, 0.15) is 115 Å². The van der Waals surface area contributed by atoms with Gasteiger partial charge in [0.25, 0.3) is 0 Å². The van der Waals surface area contributed by atoms with Crippen LogP contribution >= 0.6 is 0 Å². The van der Waals surface area contributed by atoms with Crippen molar-refractivity contribution in [2.24, 2.45) is 0 Å². The Kier molecular flexibility index (Phi) is 21.2. The maximum Gasteiger partial charge on any atom is 0.109 e. The number of hydrogen-bond acceptors (Lipinski definition) is 1. The topological polar surface area (TPSA) is 13.1 Å². The van der Waals surface area contributed by atoms with Gasteiger partial charge in [-0.25, -0.2) is 0 Å². The van der Waals surface area contributed by atoms with E-state index in [2.05, 4.69) is 192 Å². The van der Waals surface area contributed by atoms with Crippen molar-refractivity contribution in [1.82, 2.24) is 0 Å². The van der Waals surface area contributed by atoms with Crippen LogP contribution < -0.4 is 0 Å². The van der Waals surface area contributed by atoms with Crippen LogP contribution in [0.5, 0.6) is 0 Å². The molecule has 1 heterocycles. The monoisotopic (exact) mass is 859 g/mol. The Bertz CT molecular complexity index is 2610. The number of furan rings is 1. The van der Waals surface area contributed by atoms with Gasteiger partial charge >= 0.3 is 0 Å². The molecule has 1 aliphatic rings. The van der Waals surface area contributed by atoms with E-state index >= 15 is 0 Å². The van der Waals surface area contributed by atoms with Crippen molar-refractivity contribution in [3.63, 3.8) is 0 Å². The number of rotatable bonds is 10. The van der Waals surface area contributed by atoms with Crippen LogP contribution in [0.2, 0.25) is 0 Å². The summed E-state index contributed by atoms with van der Waals surface area (Å²) >= 11 is 0. The van der Waals surface area contributed by atoms with Crippen molar-refractivity contribution in [2.75, 3.05) is 0 Å². The van der Waals surface area contributed by atoms with E-state index in [1.54, 1.807) is 12.2 Å². The fraction of sp³-hybridized carbons (Fsp3) is 0.219. The largest absolute Gasteiger partial charge is 0.465 e. The lowest BCUT2D eigenvalue weighted by molar-refractivity contribution is 0.503. The van der Waals surface area contributed by atoms with E-state index < -0.39 is 0 Å². The minimum absolute atomic E-state index is 0.0406. The Labute approximate surface area is 394 Å². The van der Waals surface area contributed by atoms with E-state index in [0.717, 1.165) is 24.4 Å². The maximum absolute atomic E-state index is 5.68. The van der Waals surface area contributed by atoms with E-state index in [-0.39, 0.29) is 5.41 Å². The molecule has 1 heteroatoms. The molecule has 0 bridgehead atoms. The highest BCUT2D eigenvalue weighted by Gasteiger charge is 2.37. The summed E-state index contributed by atoms with van der Waals surface area (Å²) in [6.45, 7) is 42.5. The van der Waals surface area contributed by atoms with Crippen LogP contribution in [0.15, 0.2) is 189 Å². The molecule has 5 aromatic carbocycles. The summed E-state index contributed by atoms with van der Waals surface area (Å²) in [7, 11) is 0. The summed E-state index contributed by atoms with van der Waals surface area (Å²) in [5.41, 5.74) is 20.7. The third-order valence-corrected chi connectivity index (χ3v) is 11.5. The smallest absolute Gasteiger partial charge is 0.109 e. The minimum atomic E-state index is 0.0406. The molecule has 0 N–H and O–H groups in total. The van der Waals surface area contributed by atoms with Gasteiger partial charge in [0.1, 0.15) is 11.5 Å². The van der Waals surface area contributed by atoms with Crippen LogP contribution in [0.4, 0.5) is 0 Å². The molecule has 0 saturated carbocycles. The van der Waals surface area contributed by atoms with Crippen molar-refractivity contribution in [3.05, 3.63) is 251 Å². The normalized spacial score (nSPS) is 12.0. The molecule has 0 saturated heterocycles. The molecule has 6 aromatic rings. The van der Waals surface area contributed by atoms with Gasteiger partial charge in [0.05, 0.1) is 0 Å². The molecule has 0 atom stereocenters. The van der Waals surface area contributed by atoms with Crippen molar-refractivity contribution in [1.29, 1.82) is 0 Å². The van der Waals surface area contributed by atoms with E-state index in [1.807, 2.05) is 68.5 Å². The second-order valence-corrected chi connectivity index (χ2v) is 16.8. The van der Waals surface area contributed by atoms with Gasteiger partial charge < -0.3 is 4.42 Å². The number of fused-ring (bicyclic) bond motifs is 3. The first-order chi connectivity index (χ1) is 31.1. The van der Waals surface area contributed by atoms with Crippen LogP contribution in [-0.4, -0.2) is 0 Å². The zero-order valence-electron chi connectivity index (χ0n) is 41.4. The fourth-order valence-electron chi connectivity index (χ4n) is 8.10. The van der Waals surface area contributed by atoms with Crippen LogP contribution in [0, 0.1) is 41.5 Å². The van der Waals surface area contributed by atoms with Gasteiger partial charge in [-0.05, 0) is 123 Å². The van der Waals surface area contributed by atoms with Gasteiger partial charge in [-0.1, -0.05) is 241 Å². The molecule has 0 unspecified atom stereocenters. The summed E-state index contributed by atoms with van der Waals surface area (Å²) in [4.78, 5) is 0. The maximum atomic E-state index is 5.68. The number of hydrogen-bond donors (Lipinski definition) is 0. The molecule has 0 spiro atoms. The molecule has 0 aliphatic heterocycles. The van der Waals surface area contributed by atoms with Crippen LogP contribution in [0.3, 0.4) is 0 Å². The van der Waals surface area contributed by atoms with Gasteiger partial charge in [0.15, 0.2) is 0 Å². The zero-order chi connectivity index (χ0) is 48.1. The first kappa shape index (κ1) is 52.6. The van der Waals surface area contributed by atoms with E-state index in [1.165, 1.54) is 89.0 Å². The Morgan fingerprint density at radius 1 is 0.600 bits per heavy atom. The highest BCUT2D eigenvalue weighted by molar-refractivity contribution is 5.91. The van der Waals surface area contributed by atoms with Crippen molar-refractivity contribution >= 4 is 23.8 Å². The summed E-state index contributed by atoms with van der Waals surface area (Å²) in [5, 5.41) is 0. The molecule has 0 fully saturated rings. The van der Waals surface area contributed by atoms with Gasteiger partial charge in [0, 0.05) is 16.5 Å². The highest BCUT2D eigenvalue weighted by atomic mass is 16.3. The van der Waals surface area contributed by atoms with E-state index in [9.17, 15) is 0 Å². The lowest BCUT2D eigenvalue weighted by Crippen LogP contribution is -2.15. The predicted octanol–water partition coefficient (Wildman–Crippen LogP) is 19.2. The average molecular weight is 859 g/mol. The third-order valence-electron chi connectivity index (χ3n) is 11.5. The van der Waals surface area contributed by atoms with Gasteiger partial charge in [-0.3, -0.25) is 0 Å². The first-order valence-electron chi connectivity index (χ1n) is 22.8. The molecule has 336 valence electrons. The summed E-state index contributed by atoms with van der Waals surface area (Å²) in [6.07, 6.45) is 19.6. The molecule has 7 rings (SSSR count). The Hall–Kier alpha value is -6.70. The molecule has 1 aliphatic carbocycles. The van der Waals surface area contributed by atoms with Crippen molar-refractivity contribution < 1.29 is 4.42 Å². The number of allylic oxidation sites excluding steroid dienone is 8. The summed E-state index contributed by atoms with van der Waals surface area (Å²) < 4.78 is 5.68. The fourth-order valence-corrected chi connectivity index (χ4v) is 8.10. The predicted molar refractivity (Wildman–Crippen MR) is 292 cm³/mol. The lowest BCUT2D eigenvalue weighted by atomic mass is 9.80. The van der Waals surface area contributed by atoms with Crippen molar-refractivity contribution in [3.8, 4) is 22.3 Å². The minimum Gasteiger partial charge on any atom is -0.465 e. The molecule has 1 nitrogen and oxygen atoms in total. The quantitative estimate of drug-likeness (QED) is 0.125. The zero-order valence-corrected chi connectivity index (χ0v) is 41.4. The Balaban J connectivity index is 0.000000228. The first-order valence-corrected chi connectivity index (χ1v) is 22.8. The van der Waals surface area contributed by atoms with Gasteiger partial charge in [-0.15, -0.1) is 0 Å². The lowest BCUT2D eigenvalue weighted by Gasteiger charge is -2.23. The second kappa shape index (κ2) is 26.2. The van der Waals surface area contributed by atoms with E-state index in [0.29, 0.717) is 0 Å². The highest BCUT2D eigenvalue weighted by Crippen LogP contribution is 2.51. The molecular weight excluding hydrogens is 785 g/mol. The van der Waals surface area contributed by atoms with Crippen LogP contribution in [-0.2, 0) is 5.41 Å². The number of benzene rings is 5. The second-order valence-electron chi connectivity index (χ2n) is 16.8. The average Bonchev–Trinajstić information content (AvgIpc) is 3.71. The van der Waals surface area contributed by atoms with E-state index in [4.69, 9.17) is 4.42 Å². The number of aryl methyl sites for hydroxylation is 6. The van der Waals surface area contributed by atoms with Crippen LogP contribution in [0.25, 0.3) is 46.1 Å². The van der Waals surface area contributed by atoms with Gasteiger partial charge in [0.2, 0.25) is 0 Å². The standard InChI is InChI=1S/C21H22.C15H20O.C13H12.C8H12.C7H8/c1-7-15-14(4)12-19-20(16(15)8-2)17-10-9-13(3)11-18(17)21(19,5)6;1-6-8-10-14-12(4)16-13(5)15(14)11(3)9-7-2;1-11-6-5-9-13(10-11)12-7-3-2-4-8-12;1-4-7-8(5-2)6-3;1-7-5-3-2-4-6-7/h7-12H,1-2H2,3-6H3;6,8-10H,1,7H2,2-5H3;2-10H,1H3;4-5,7H,1-2,6H2,3H3;2-6H,1H3/b;10-8-,11-9-;;8-7+;. The molecule has 0 radical (unpaired) electrons. The SMILES string of the molecule is C=C/C=C(\C=C)CC.C=C/C=C\c1c(C)oc(C)c1/C(C)=C\CC.C=Cc1c(C)cc2c(c1C=C)-c1ccc(C)cc1C2(C)C.Cc1cccc(-c2ccccc2)c1.Cc1ccccc1. The Morgan fingerprint density at radius 3 is 1.71 bits per heavy atom. The summed E-state index contributed by atoms with van der Waals surface area (Å²) in [6, 6.07) is 38.4. The summed E-state index contributed by atoms with van der Waals surface area (Å²) in [5.74, 6) is 1.96.